The van der Waals surface area contributed by atoms with Gasteiger partial charge in [0.2, 0.25) is 11.8 Å². The molecule has 11 heteroatoms. The van der Waals surface area contributed by atoms with Crippen LogP contribution in [0.2, 0.25) is 0 Å². The molecule has 0 saturated heterocycles. The van der Waals surface area contributed by atoms with Crippen LogP contribution in [0.25, 0.3) is 0 Å². The Morgan fingerprint density at radius 2 is 1.47 bits per heavy atom. The predicted octanol–water partition coefficient (Wildman–Crippen LogP) is 5.39. The Morgan fingerprint density at radius 3 is 2.00 bits per heavy atom. The molecule has 0 radical (unpaired) electrons. The summed E-state index contributed by atoms with van der Waals surface area (Å²) >= 11 is 1.52. The second-order valence-electron chi connectivity index (χ2n) is 12.8. The van der Waals surface area contributed by atoms with E-state index in [1.165, 1.54) is 28.8 Å². The molecule has 45 heavy (non-hydrogen) atoms. The minimum absolute atomic E-state index is 0.00794. The molecule has 0 fully saturated rings. The molecule has 0 aromatic heterocycles. The summed E-state index contributed by atoms with van der Waals surface area (Å²) in [6.45, 7) is 12.5. The van der Waals surface area contributed by atoms with Crippen LogP contribution >= 0.6 is 11.8 Å². The van der Waals surface area contributed by atoms with Gasteiger partial charge in [-0.1, -0.05) is 49.4 Å². The number of aromatic hydroxyl groups is 1. The fraction of sp³-hybridized carbons (Fsp3) is 0.529. The highest BCUT2D eigenvalue weighted by atomic mass is 32.2. The standard InChI is InChI=1S/C34H49N3O7S/c1-9-20-37(30(40)26(19-21-45-8)36-32(42)44-34(5,6)7)28(24-15-17-25(38)18-16-24)29(39)35-27(31(41)43-33(2,3)4)22-23-13-11-10-12-14-23/h10-18,26-28,38H,9,19-22H2,1-8H3,(H,35,39)(H,36,42). The number of carbonyl (C=O) groups excluding carboxylic acids is 4. The Bertz CT molecular complexity index is 1260. The van der Waals surface area contributed by atoms with Crippen LogP contribution in [0.3, 0.4) is 0 Å². The molecule has 2 aromatic rings. The van der Waals surface area contributed by atoms with Gasteiger partial charge in [0.1, 0.15) is 35.1 Å². The van der Waals surface area contributed by atoms with E-state index >= 15 is 0 Å². The average molecular weight is 644 g/mol. The van der Waals surface area contributed by atoms with Crippen LogP contribution < -0.4 is 10.6 Å². The predicted molar refractivity (Wildman–Crippen MR) is 177 cm³/mol. The quantitative estimate of drug-likeness (QED) is 0.234. The first kappa shape index (κ1) is 37.5. The first-order valence-electron chi connectivity index (χ1n) is 15.2. The lowest BCUT2D eigenvalue weighted by Gasteiger charge is -2.35. The fourth-order valence-electron chi connectivity index (χ4n) is 4.55. The van der Waals surface area contributed by atoms with Gasteiger partial charge in [-0.15, -0.1) is 0 Å². The van der Waals surface area contributed by atoms with E-state index in [0.717, 1.165) is 5.56 Å². The Morgan fingerprint density at radius 1 is 0.867 bits per heavy atom. The molecule has 0 aliphatic rings. The lowest BCUT2D eigenvalue weighted by atomic mass is 10.00. The van der Waals surface area contributed by atoms with Gasteiger partial charge in [0.15, 0.2) is 0 Å². The molecule has 3 N–H and O–H groups in total. The Hall–Kier alpha value is -3.73. The Kier molecular flexibility index (Phi) is 14.2. The van der Waals surface area contributed by atoms with Gasteiger partial charge in [-0.25, -0.2) is 9.59 Å². The number of rotatable bonds is 14. The SMILES string of the molecule is CCCN(C(=O)C(CCSC)NC(=O)OC(C)(C)C)C(C(=O)NC(Cc1ccccc1)C(=O)OC(C)(C)C)c1ccc(O)cc1. The lowest BCUT2D eigenvalue weighted by molar-refractivity contribution is -0.159. The summed E-state index contributed by atoms with van der Waals surface area (Å²) in [6, 6.07) is 12.0. The smallest absolute Gasteiger partial charge is 0.408 e. The second-order valence-corrected chi connectivity index (χ2v) is 13.8. The number of alkyl carbamates (subject to hydrolysis) is 1. The average Bonchev–Trinajstić information content (AvgIpc) is 2.94. The Labute approximate surface area is 271 Å². The van der Waals surface area contributed by atoms with Gasteiger partial charge in [0.25, 0.3) is 0 Å². The van der Waals surface area contributed by atoms with Crippen LogP contribution in [0.15, 0.2) is 54.6 Å². The minimum Gasteiger partial charge on any atom is -0.508 e. The minimum atomic E-state index is -1.18. The number of ether oxygens (including phenoxy) is 2. The fourth-order valence-corrected chi connectivity index (χ4v) is 5.02. The zero-order chi connectivity index (χ0) is 33.8. The molecule has 3 atom stereocenters. The van der Waals surface area contributed by atoms with Gasteiger partial charge in [0.05, 0.1) is 0 Å². The van der Waals surface area contributed by atoms with Crippen molar-refractivity contribution in [2.45, 2.75) is 97.1 Å². The number of hydrogen-bond donors (Lipinski definition) is 3. The summed E-state index contributed by atoms with van der Waals surface area (Å²) < 4.78 is 11.1. The van der Waals surface area contributed by atoms with Gasteiger partial charge >= 0.3 is 12.1 Å². The largest absolute Gasteiger partial charge is 0.508 e. The van der Waals surface area contributed by atoms with E-state index in [1.54, 1.807) is 53.7 Å². The van der Waals surface area contributed by atoms with Crippen LogP contribution in [-0.2, 0) is 30.3 Å². The molecule has 0 spiro atoms. The van der Waals surface area contributed by atoms with Crippen molar-refractivity contribution >= 4 is 35.6 Å². The van der Waals surface area contributed by atoms with Crippen molar-refractivity contribution in [2.24, 2.45) is 0 Å². The summed E-state index contributed by atoms with van der Waals surface area (Å²) in [5.41, 5.74) is -0.329. The van der Waals surface area contributed by atoms with Crippen molar-refractivity contribution in [3.8, 4) is 5.75 Å². The molecule has 0 heterocycles. The van der Waals surface area contributed by atoms with Crippen molar-refractivity contribution in [2.75, 3.05) is 18.6 Å². The monoisotopic (exact) mass is 643 g/mol. The van der Waals surface area contributed by atoms with Crippen molar-refractivity contribution in [1.82, 2.24) is 15.5 Å². The van der Waals surface area contributed by atoms with Gasteiger partial charge in [-0.3, -0.25) is 9.59 Å². The van der Waals surface area contributed by atoms with Crippen LogP contribution in [0.4, 0.5) is 4.79 Å². The molecule has 10 nitrogen and oxygen atoms in total. The van der Waals surface area contributed by atoms with Crippen LogP contribution in [0.1, 0.15) is 78.5 Å². The number of nitrogens with one attached hydrogen (secondary N) is 2. The molecular formula is C34H49N3O7S. The number of phenols is 1. The highest BCUT2D eigenvalue weighted by Gasteiger charge is 2.38. The third kappa shape index (κ3) is 13.0. The van der Waals surface area contributed by atoms with Crippen LogP contribution in [0, 0.1) is 0 Å². The van der Waals surface area contributed by atoms with E-state index in [9.17, 15) is 24.3 Å². The van der Waals surface area contributed by atoms with Crippen LogP contribution in [-0.4, -0.2) is 75.7 Å². The summed E-state index contributed by atoms with van der Waals surface area (Å²) in [5, 5.41) is 15.6. The number of benzene rings is 2. The van der Waals surface area contributed by atoms with Crippen LogP contribution in [0.5, 0.6) is 5.75 Å². The Balaban J connectivity index is 2.55. The number of nitrogens with zero attached hydrogens (tertiary/aromatic N) is 1. The molecule has 2 rings (SSSR count). The van der Waals surface area contributed by atoms with E-state index in [1.807, 2.05) is 43.5 Å². The van der Waals surface area contributed by atoms with Gasteiger partial charge in [-0.2, -0.15) is 11.8 Å². The number of amides is 3. The number of hydrogen-bond acceptors (Lipinski definition) is 8. The van der Waals surface area contributed by atoms with Gasteiger partial charge in [-0.05, 0) is 89.7 Å². The maximum atomic E-state index is 14.3. The van der Waals surface area contributed by atoms with Gasteiger partial charge < -0.3 is 30.1 Å². The van der Waals surface area contributed by atoms with Crippen molar-refractivity contribution < 1.29 is 33.8 Å². The molecule has 2 aromatic carbocycles. The second kappa shape index (κ2) is 17.1. The molecule has 3 amide bonds. The maximum Gasteiger partial charge on any atom is 0.408 e. The molecular weight excluding hydrogens is 594 g/mol. The van der Waals surface area contributed by atoms with Gasteiger partial charge in [0, 0.05) is 13.0 Å². The lowest BCUT2D eigenvalue weighted by Crippen LogP contribution is -2.55. The summed E-state index contributed by atoms with van der Waals surface area (Å²) in [7, 11) is 0. The summed E-state index contributed by atoms with van der Waals surface area (Å²) in [6.07, 6.45) is 2.14. The third-order valence-corrected chi connectivity index (χ3v) is 7.05. The van der Waals surface area contributed by atoms with E-state index < -0.39 is 53.2 Å². The maximum absolute atomic E-state index is 14.3. The molecule has 0 aliphatic heterocycles. The molecule has 248 valence electrons. The summed E-state index contributed by atoms with van der Waals surface area (Å²) in [5.74, 6) is -1.12. The highest BCUT2D eigenvalue weighted by molar-refractivity contribution is 7.98. The topological polar surface area (TPSA) is 134 Å². The van der Waals surface area contributed by atoms with E-state index in [-0.39, 0.29) is 18.7 Å². The molecule has 0 aliphatic carbocycles. The first-order chi connectivity index (χ1) is 21.0. The molecule has 0 saturated carbocycles. The van der Waals surface area contributed by atoms with E-state index in [4.69, 9.17) is 9.47 Å². The number of carbonyl (C=O) groups is 4. The molecule has 0 bridgehead atoms. The van der Waals surface area contributed by atoms with Crippen molar-refractivity contribution in [3.63, 3.8) is 0 Å². The summed E-state index contributed by atoms with van der Waals surface area (Å²) in [4.78, 5) is 56.1. The highest BCUT2D eigenvalue weighted by Crippen LogP contribution is 2.26. The van der Waals surface area contributed by atoms with Crippen molar-refractivity contribution in [3.05, 3.63) is 65.7 Å². The van der Waals surface area contributed by atoms with Crippen molar-refractivity contribution in [1.29, 1.82) is 0 Å². The number of thioether (sulfide) groups is 1. The normalized spacial score (nSPS) is 13.6. The number of phenolic OH excluding ortho intramolecular Hbond substituents is 1. The zero-order valence-electron chi connectivity index (χ0n) is 27.7. The number of esters is 1. The van der Waals surface area contributed by atoms with E-state index in [0.29, 0.717) is 24.2 Å². The van der Waals surface area contributed by atoms with E-state index in [2.05, 4.69) is 10.6 Å². The first-order valence-corrected chi connectivity index (χ1v) is 16.6. The molecule has 3 unspecified atom stereocenters. The zero-order valence-corrected chi connectivity index (χ0v) is 28.5. The third-order valence-electron chi connectivity index (χ3n) is 6.41.